The van der Waals surface area contributed by atoms with Gasteiger partial charge in [-0.2, -0.15) is 0 Å². The minimum absolute atomic E-state index is 0.0551. The van der Waals surface area contributed by atoms with Gasteiger partial charge in [-0.25, -0.2) is 0 Å². The van der Waals surface area contributed by atoms with E-state index < -0.39 is 0 Å². The third-order valence-electron chi connectivity index (χ3n) is 1.84. The summed E-state index contributed by atoms with van der Waals surface area (Å²) in [6, 6.07) is 0.363. The Hall–Kier alpha value is -0.570. The first-order valence-corrected chi connectivity index (χ1v) is 4.52. The number of carbonyl (C=O) groups is 1. The predicted octanol–water partition coefficient (Wildman–Crippen LogP) is 1.33. The highest BCUT2D eigenvalue weighted by atomic mass is 16.5. The topological polar surface area (TPSA) is 38.3 Å². The Labute approximate surface area is 74.5 Å². The van der Waals surface area contributed by atoms with Gasteiger partial charge in [-0.05, 0) is 12.8 Å². The fraction of sp³-hybridized carbons (Fsp3) is 0.889. The molecular weight excluding hydrogens is 154 g/mol. The van der Waals surface area contributed by atoms with Gasteiger partial charge in [0.25, 0.3) is 0 Å². The molecule has 1 aliphatic rings. The summed E-state index contributed by atoms with van der Waals surface area (Å²) >= 11 is 0. The first-order chi connectivity index (χ1) is 5.72. The minimum Gasteiger partial charge on any atom is -0.381 e. The SMILES string of the molecule is CC.COC1CC(NC(C)=O)C1. The first-order valence-electron chi connectivity index (χ1n) is 4.52. The van der Waals surface area contributed by atoms with Gasteiger partial charge in [0.15, 0.2) is 0 Å². The molecule has 72 valence electrons. The molecule has 1 aliphatic carbocycles. The number of methoxy groups -OCH3 is 1. The molecule has 0 saturated heterocycles. The Morgan fingerprint density at radius 3 is 2.25 bits per heavy atom. The number of hydrogen-bond acceptors (Lipinski definition) is 2. The van der Waals surface area contributed by atoms with Crippen LogP contribution >= 0.6 is 0 Å². The van der Waals surface area contributed by atoms with Gasteiger partial charge in [0.2, 0.25) is 5.91 Å². The van der Waals surface area contributed by atoms with E-state index in [-0.39, 0.29) is 5.91 Å². The number of rotatable bonds is 2. The van der Waals surface area contributed by atoms with Gasteiger partial charge in [-0.3, -0.25) is 4.79 Å². The van der Waals surface area contributed by atoms with Gasteiger partial charge in [0.1, 0.15) is 0 Å². The lowest BCUT2D eigenvalue weighted by Gasteiger charge is -2.34. The largest absolute Gasteiger partial charge is 0.381 e. The van der Waals surface area contributed by atoms with Crippen molar-refractivity contribution in [1.82, 2.24) is 5.32 Å². The standard InChI is InChI=1S/C7H13NO2.C2H6/c1-5(9)8-6-3-7(4-6)10-2;1-2/h6-7H,3-4H2,1-2H3,(H,8,9);1-2H3. The van der Waals surface area contributed by atoms with Gasteiger partial charge in [-0.15, -0.1) is 0 Å². The van der Waals surface area contributed by atoms with Crippen molar-refractivity contribution in [2.24, 2.45) is 0 Å². The predicted molar refractivity (Wildman–Crippen MR) is 49.0 cm³/mol. The summed E-state index contributed by atoms with van der Waals surface area (Å²) in [6.07, 6.45) is 2.31. The van der Waals surface area contributed by atoms with Gasteiger partial charge >= 0.3 is 0 Å². The summed E-state index contributed by atoms with van der Waals surface area (Å²) in [5.74, 6) is 0.0551. The van der Waals surface area contributed by atoms with E-state index in [1.165, 1.54) is 0 Å². The van der Waals surface area contributed by atoms with Gasteiger partial charge in [0, 0.05) is 20.1 Å². The average molecular weight is 173 g/mol. The Balaban J connectivity index is 0.000000561. The Bertz CT molecular complexity index is 130. The van der Waals surface area contributed by atoms with Crippen LogP contribution in [0.3, 0.4) is 0 Å². The number of hydrogen-bond donors (Lipinski definition) is 1. The molecule has 0 spiro atoms. The number of ether oxygens (including phenoxy) is 1. The quantitative estimate of drug-likeness (QED) is 0.684. The molecule has 0 aromatic carbocycles. The molecular formula is C9H19NO2. The average Bonchev–Trinajstić information content (AvgIpc) is 1.99. The van der Waals surface area contributed by atoms with Crippen LogP contribution in [0.25, 0.3) is 0 Å². The van der Waals surface area contributed by atoms with E-state index in [0.29, 0.717) is 12.1 Å². The van der Waals surface area contributed by atoms with Crippen molar-refractivity contribution >= 4 is 5.91 Å². The van der Waals surface area contributed by atoms with Crippen molar-refractivity contribution in [1.29, 1.82) is 0 Å². The van der Waals surface area contributed by atoms with Crippen molar-refractivity contribution in [3.63, 3.8) is 0 Å². The van der Waals surface area contributed by atoms with Gasteiger partial charge in [-0.1, -0.05) is 13.8 Å². The molecule has 1 saturated carbocycles. The molecule has 1 amide bonds. The summed E-state index contributed by atoms with van der Waals surface area (Å²) < 4.78 is 5.05. The van der Waals surface area contributed by atoms with E-state index in [4.69, 9.17) is 4.74 Å². The second kappa shape index (κ2) is 6.00. The lowest BCUT2D eigenvalue weighted by Crippen LogP contribution is -2.46. The van der Waals surface area contributed by atoms with Crippen LogP contribution in [0.4, 0.5) is 0 Å². The third kappa shape index (κ3) is 3.72. The molecule has 0 aromatic heterocycles. The van der Waals surface area contributed by atoms with Crippen molar-refractivity contribution in [3.8, 4) is 0 Å². The van der Waals surface area contributed by atoms with E-state index in [2.05, 4.69) is 5.32 Å². The zero-order valence-electron chi connectivity index (χ0n) is 8.39. The van der Waals surface area contributed by atoms with Crippen LogP contribution in [-0.2, 0) is 9.53 Å². The van der Waals surface area contributed by atoms with Gasteiger partial charge < -0.3 is 10.1 Å². The maximum atomic E-state index is 10.5. The Morgan fingerprint density at radius 2 is 1.92 bits per heavy atom. The fourth-order valence-corrected chi connectivity index (χ4v) is 1.16. The maximum absolute atomic E-state index is 10.5. The first kappa shape index (κ1) is 11.4. The van der Waals surface area contributed by atoms with Crippen molar-refractivity contribution in [2.45, 2.75) is 45.8 Å². The van der Waals surface area contributed by atoms with Crippen LogP contribution < -0.4 is 5.32 Å². The smallest absolute Gasteiger partial charge is 0.217 e. The van der Waals surface area contributed by atoms with E-state index in [9.17, 15) is 4.79 Å². The monoisotopic (exact) mass is 173 g/mol. The molecule has 3 nitrogen and oxygen atoms in total. The lowest BCUT2D eigenvalue weighted by atomic mass is 9.89. The maximum Gasteiger partial charge on any atom is 0.217 e. The molecule has 3 heteroatoms. The molecule has 0 aliphatic heterocycles. The summed E-state index contributed by atoms with van der Waals surface area (Å²) in [7, 11) is 1.70. The second-order valence-electron chi connectivity index (χ2n) is 2.73. The Kier molecular flexibility index (Phi) is 5.72. The number of carbonyl (C=O) groups excluding carboxylic acids is 1. The van der Waals surface area contributed by atoms with E-state index in [0.717, 1.165) is 12.8 Å². The van der Waals surface area contributed by atoms with Crippen LogP contribution in [-0.4, -0.2) is 25.2 Å². The Morgan fingerprint density at radius 1 is 1.42 bits per heavy atom. The van der Waals surface area contributed by atoms with Crippen molar-refractivity contribution < 1.29 is 9.53 Å². The van der Waals surface area contributed by atoms with Crippen molar-refractivity contribution in [3.05, 3.63) is 0 Å². The molecule has 1 fully saturated rings. The van der Waals surface area contributed by atoms with Crippen LogP contribution in [0.1, 0.15) is 33.6 Å². The van der Waals surface area contributed by atoms with E-state index in [1.807, 2.05) is 13.8 Å². The second-order valence-corrected chi connectivity index (χ2v) is 2.73. The van der Waals surface area contributed by atoms with E-state index in [1.54, 1.807) is 14.0 Å². The molecule has 0 aromatic rings. The zero-order chi connectivity index (χ0) is 9.56. The van der Waals surface area contributed by atoms with Crippen molar-refractivity contribution in [2.75, 3.05) is 7.11 Å². The van der Waals surface area contributed by atoms with Crippen LogP contribution in [0.5, 0.6) is 0 Å². The van der Waals surface area contributed by atoms with Crippen LogP contribution in [0.2, 0.25) is 0 Å². The van der Waals surface area contributed by atoms with Crippen LogP contribution in [0, 0.1) is 0 Å². The molecule has 0 radical (unpaired) electrons. The zero-order valence-corrected chi connectivity index (χ0v) is 8.39. The molecule has 0 heterocycles. The summed E-state index contributed by atoms with van der Waals surface area (Å²) in [4.78, 5) is 10.5. The summed E-state index contributed by atoms with van der Waals surface area (Å²) in [5, 5.41) is 2.82. The fourth-order valence-electron chi connectivity index (χ4n) is 1.16. The molecule has 1 rings (SSSR count). The van der Waals surface area contributed by atoms with Gasteiger partial charge in [0.05, 0.1) is 6.10 Å². The summed E-state index contributed by atoms with van der Waals surface area (Å²) in [5.41, 5.74) is 0. The third-order valence-corrected chi connectivity index (χ3v) is 1.84. The molecule has 0 unspecified atom stereocenters. The highest BCUT2D eigenvalue weighted by molar-refractivity contribution is 5.73. The molecule has 0 atom stereocenters. The summed E-state index contributed by atoms with van der Waals surface area (Å²) in [6.45, 7) is 5.54. The highest BCUT2D eigenvalue weighted by Crippen LogP contribution is 2.21. The number of nitrogens with one attached hydrogen (secondary N) is 1. The molecule has 1 N–H and O–H groups in total. The highest BCUT2D eigenvalue weighted by Gasteiger charge is 2.28. The minimum atomic E-state index is 0.0551. The van der Waals surface area contributed by atoms with E-state index >= 15 is 0 Å². The molecule has 12 heavy (non-hydrogen) atoms. The normalized spacial score (nSPS) is 26.3. The number of amides is 1. The molecule has 0 bridgehead atoms. The van der Waals surface area contributed by atoms with Crippen LogP contribution in [0.15, 0.2) is 0 Å². The lowest BCUT2D eigenvalue weighted by molar-refractivity contribution is -0.121.